The summed E-state index contributed by atoms with van der Waals surface area (Å²) in [6, 6.07) is 10.3. The Bertz CT molecular complexity index is 1030. The number of H-pyrrole nitrogens is 1. The van der Waals surface area contributed by atoms with Crippen LogP contribution in [0.4, 0.5) is 11.4 Å². The van der Waals surface area contributed by atoms with Crippen LogP contribution in [0.25, 0.3) is 10.9 Å². The third-order valence-electron chi connectivity index (χ3n) is 3.46. The lowest BCUT2D eigenvalue weighted by Crippen LogP contribution is -2.14. The van der Waals surface area contributed by atoms with Gasteiger partial charge in [-0.25, -0.2) is 8.42 Å². The van der Waals surface area contributed by atoms with Crippen molar-refractivity contribution in [1.82, 2.24) is 4.98 Å². The van der Waals surface area contributed by atoms with E-state index in [1.165, 1.54) is 13.2 Å². The minimum Gasteiger partial charge on any atom is -0.497 e. The molecule has 124 valence electrons. The fourth-order valence-corrected chi connectivity index (χ4v) is 3.52. The number of aromatic nitrogens is 1. The molecule has 24 heavy (non-hydrogen) atoms. The van der Waals surface area contributed by atoms with E-state index in [1.54, 1.807) is 30.5 Å². The van der Waals surface area contributed by atoms with Gasteiger partial charge in [0, 0.05) is 22.8 Å². The van der Waals surface area contributed by atoms with Gasteiger partial charge in [-0.3, -0.25) is 14.8 Å². The average Bonchev–Trinajstić information content (AvgIpc) is 3.01. The second-order valence-electron chi connectivity index (χ2n) is 4.98. The molecule has 9 heteroatoms. The van der Waals surface area contributed by atoms with E-state index in [0.29, 0.717) is 5.69 Å². The highest BCUT2D eigenvalue weighted by Gasteiger charge is 2.26. The van der Waals surface area contributed by atoms with Crippen molar-refractivity contribution in [2.24, 2.45) is 0 Å². The van der Waals surface area contributed by atoms with E-state index >= 15 is 0 Å². The minimum atomic E-state index is -4.12. The summed E-state index contributed by atoms with van der Waals surface area (Å²) in [5.41, 5.74) is 0.616. The molecule has 0 aliphatic carbocycles. The SMILES string of the molecule is COc1ccc(S(=O)(=O)Nc2ccc3[nH]ccc3c2)c([N+](=O)[O-])c1. The summed E-state index contributed by atoms with van der Waals surface area (Å²) in [6.07, 6.45) is 1.73. The van der Waals surface area contributed by atoms with Gasteiger partial charge in [0.25, 0.3) is 15.7 Å². The molecule has 1 aromatic heterocycles. The molecule has 0 unspecified atom stereocenters. The Morgan fingerprint density at radius 1 is 1.17 bits per heavy atom. The third-order valence-corrected chi connectivity index (χ3v) is 4.89. The first kappa shape index (κ1) is 15.8. The highest BCUT2D eigenvalue weighted by molar-refractivity contribution is 7.92. The zero-order valence-electron chi connectivity index (χ0n) is 12.5. The van der Waals surface area contributed by atoms with E-state index < -0.39 is 25.5 Å². The first-order chi connectivity index (χ1) is 11.4. The lowest BCUT2D eigenvalue weighted by molar-refractivity contribution is -0.387. The topological polar surface area (TPSA) is 114 Å². The number of nitro benzene ring substituents is 1. The maximum atomic E-state index is 12.5. The summed E-state index contributed by atoms with van der Waals surface area (Å²) in [5.74, 6) is 0.203. The monoisotopic (exact) mass is 347 g/mol. The van der Waals surface area contributed by atoms with Crippen molar-refractivity contribution >= 4 is 32.3 Å². The predicted molar refractivity (Wildman–Crippen MR) is 88.8 cm³/mol. The maximum absolute atomic E-state index is 12.5. The molecule has 0 radical (unpaired) electrons. The second-order valence-corrected chi connectivity index (χ2v) is 6.63. The molecule has 2 N–H and O–H groups in total. The Morgan fingerprint density at radius 3 is 2.67 bits per heavy atom. The van der Waals surface area contributed by atoms with Crippen LogP contribution in [0.15, 0.2) is 53.6 Å². The molecule has 3 aromatic rings. The number of fused-ring (bicyclic) bond motifs is 1. The molecule has 0 aliphatic heterocycles. The van der Waals surface area contributed by atoms with Gasteiger partial charge < -0.3 is 9.72 Å². The van der Waals surface area contributed by atoms with Gasteiger partial charge in [0.05, 0.1) is 18.1 Å². The van der Waals surface area contributed by atoms with Crippen molar-refractivity contribution in [3.05, 3.63) is 58.8 Å². The van der Waals surface area contributed by atoms with Gasteiger partial charge in [-0.2, -0.15) is 0 Å². The highest BCUT2D eigenvalue weighted by Crippen LogP contribution is 2.30. The number of rotatable bonds is 5. The van der Waals surface area contributed by atoms with Crippen molar-refractivity contribution < 1.29 is 18.1 Å². The standard InChI is InChI=1S/C15H13N3O5S/c1-23-12-3-5-15(14(9-12)18(19)20)24(21,22)17-11-2-4-13-10(8-11)6-7-16-13/h2-9,16-17H,1H3. The summed E-state index contributed by atoms with van der Waals surface area (Å²) in [4.78, 5) is 13.0. The fourth-order valence-electron chi connectivity index (χ4n) is 2.32. The smallest absolute Gasteiger partial charge is 0.293 e. The largest absolute Gasteiger partial charge is 0.497 e. The minimum absolute atomic E-state index is 0.203. The average molecular weight is 347 g/mol. The molecule has 0 atom stereocenters. The van der Waals surface area contributed by atoms with Crippen molar-refractivity contribution in [1.29, 1.82) is 0 Å². The predicted octanol–water partition coefficient (Wildman–Crippen LogP) is 2.89. The summed E-state index contributed by atoms with van der Waals surface area (Å²) < 4.78 is 32.3. The lowest BCUT2D eigenvalue weighted by Gasteiger charge is -2.09. The van der Waals surface area contributed by atoms with Crippen LogP contribution >= 0.6 is 0 Å². The highest BCUT2D eigenvalue weighted by atomic mass is 32.2. The van der Waals surface area contributed by atoms with Crippen LogP contribution in [-0.2, 0) is 10.0 Å². The first-order valence-electron chi connectivity index (χ1n) is 6.83. The fraction of sp³-hybridized carbons (Fsp3) is 0.0667. The molecule has 3 rings (SSSR count). The van der Waals surface area contributed by atoms with Crippen LogP contribution in [-0.4, -0.2) is 25.4 Å². The summed E-state index contributed by atoms with van der Waals surface area (Å²) in [6.45, 7) is 0. The molecule has 0 saturated heterocycles. The van der Waals surface area contributed by atoms with Crippen molar-refractivity contribution in [2.45, 2.75) is 4.90 Å². The summed E-state index contributed by atoms with van der Waals surface area (Å²) in [5, 5.41) is 12.0. The van der Waals surface area contributed by atoms with Gasteiger partial charge in [0.1, 0.15) is 5.75 Å². The summed E-state index contributed by atoms with van der Waals surface area (Å²) >= 11 is 0. The molecular weight excluding hydrogens is 334 g/mol. The van der Waals surface area contributed by atoms with Crippen LogP contribution in [0.3, 0.4) is 0 Å². The molecule has 0 saturated carbocycles. The van der Waals surface area contributed by atoms with E-state index in [4.69, 9.17) is 4.74 Å². The Balaban J connectivity index is 2.02. The van der Waals surface area contributed by atoms with Crippen LogP contribution in [0.1, 0.15) is 0 Å². The normalized spacial score (nSPS) is 11.4. The number of methoxy groups -OCH3 is 1. The Kier molecular flexibility index (Phi) is 3.86. The third kappa shape index (κ3) is 2.88. The van der Waals surface area contributed by atoms with Crippen molar-refractivity contribution in [2.75, 3.05) is 11.8 Å². The van der Waals surface area contributed by atoms with Gasteiger partial charge in [-0.1, -0.05) is 0 Å². The molecule has 8 nitrogen and oxygen atoms in total. The number of sulfonamides is 1. The number of hydrogen-bond acceptors (Lipinski definition) is 5. The number of anilines is 1. The van der Waals surface area contributed by atoms with E-state index in [-0.39, 0.29) is 5.75 Å². The Labute approximate surface area is 137 Å². The van der Waals surface area contributed by atoms with Crippen molar-refractivity contribution in [3.63, 3.8) is 0 Å². The number of benzene rings is 2. The van der Waals surface area contributed by atoms with Gasteiger partial charge in [-0.05, 0) is 36.4 Å². The van der Waals surface area contributed by atoms with E-state index in [0.717, 1.165) is 23.0 Å². The zero-order chi connectivity index (χ0) is 17.3. The van der Waals surface area contributed by atoms with E-state index in [1.807, 2.05) is 0 Å². The van der Waals surface area contributed by atoms with Crippen LogP contribution in [0.5, 0.6) is 5.75 Å². The van der Waals surface area contributed by atoms with Gasteiger partial charge in [0.15, 0.2) is 4.90 Å². The molecule has 1 heterocycles. The second kappa shape index (κ2) is 5.85. The number of ether oxygens (including phenoxy) is 1. The number of hydrogen-bond donors (Lipinski definition) is 2. The van der Waals surface area contributed by atoms with Crippen LogP contribution in [0, 0.1) is 10.1 Å². The molecule has 0 aliphatic rings. The molecule has 0 fully saturated rings. The van der Waals surface area contributed by atoms with Gasteiger partial charge >= 0.3 is 0 Å². The molecule has 0 spiro atoms. The van der Waals surface area contributed by atoms with Gasteiger partial charge in [0.2, 0.25) is 0 Å². The van der Waals surface area contributed by atoms with Crippen molar-refractivity contribution in [3.8, 4) is 5.75 Å². The van der Waals surface area contributed by atoms with Gasteiger partial charge in [-0.15, -0.1) is 0 Å². The number of aromatic amines is 1. The van der Waals surface area contributed by atoms with E-state index in [2.05, 4.69) is 9.71 Å². The molecule has 0 amide bonds. The van der Waals surface area contributed by atoms with E-state index in [9.17, 15) is 18.5 Å². The number of nitrogens with zero attached hydrogens (tertiary/aromatic N) is 1. The quantitative estimate of drug-likeness (QED) is 0.544. The first-order valence-corrected chi connectivity index (χ1v) is 8.31. The Morgan fingerprint density at radius 2 is 1.96 bits per heavy atom. The number of nitrogens with one attached hydrogen (secondary N) is 2. The molecule has 2 aromatic carbocycles. The maximum Gasteiger partial charge on any atom is 0.293 e. The van der Waals surface area contributed by atoms with Crippen LogP contribution < -0.4 is 9.46 Å². The zero-order valence-corrected chi connectivity index (χ0v) is 13.3. The molecule has 0 bridgehead atoms. The lowest BCUT2D eigenvalue weighted by atomic mass is 10.2. The Hall–Kier alpha value is -3.07. The number of nitro groups is 1. The van der Waals surface area contributed by atoms with Crippen LogP contribution in [0.2, 0.25) is 0 Å². The molecular formula is C15H13N3O5S. The summed E-state index contributed by atoms with van der Waals surface area (Å²) in [7, 11) is -2.78.